The van der Waals surface area contributed by atoms with Gasteiger partial charge in [-0.1, -0.05) is 54.6 Å². The molecule has 0 heterocycles. The van der Waals surface area contributed by atoms with Gasteiger partial charge in [0.05, 0.1) is 10.9 Å². The molecule has 1 N–H and O–H groups in total. The maximum Gasteiger partial charge on any atom is 0.315 e. The fourth-order valence-electron chi connectivity index (χ4n) is 6.66. The third-order valence-electron chi connectivity index (χ3n) is 8.08. The third-order valence-corrected chi connectivity index (χ3v) is 10.3. The van der Waals surface area contributed by atoms with E-state index in [0.29, 0.717) is 37.5 Å². The molecule has 4 bridgehead atoms. The van der Waals surface area contributed by atoms with E-state index in [1.165, 1.54) is 14.7 Å². The van der Waals surface area contributed by atoms with Crippen molar-refractivity contribution in [1.29, 1.82) is 0 Å². The Morgan fingerprint density at radius 1 is 0.722 bits per heavy atom. The van der Waals surface area contributed by atoms with E-state index in [4.69, 9.17) is 0 Å². The minimum absolute atomic E-state index is 0.0146. The molecule has 0 unspecified atom stereocenters. The zero-order valence-corrected chi connectivity index (χ0v) is 20.7. The van der Waals surface area contributed by atoms with Crippen LogP contribution in [0.3, 0.4) is 0 Å². The van der Waals surface area contributed by atoms with Crippen molar-refractivity contribution in [3.05, 3.63) is 91.0 Å². The highest BCUT2D eigenvalue weighted by atomic mass is 32.2. The molecule has 0 aliphatic heterocycles. The molecule has 4 aliphatic carbocycles. The highest BCUT2D eigenvalue weighted by Crippen LogP contribution is 2.62. The number of hydrogen-bond donors (Lipinski definition) is 1. The predicted octanol–water partition coefficient (Wildman–Crippen LogP) is 5.34. The van der Waals surface area contributed by atoms with Crippen molar-refractivity contribution in [3.8, 4) is 0 Å². The van der Waals surface area contributed by atoms with Crippen molar-refractivity contribution >= 4 is 16.9 Å². The van der Waals surface area contributed by atoms with Crippen LogP contribution in [0.1, 0.15) is 32.1 Å². The van der Waals surface area contributed by atoms with Crippen LogP contribution in [0.2, 0.25) is 0 Å². The van der Waals surface area contributed by atoms with Crippen LogP contribution in [-0.2, 0) is 15.7 Å². The Morgan fingerprint density at radius 2 is 1.06 bits per heavy atom. The summed E-state index contributed by atoms with van der Waals surface area (Å²) in [6.07, 6.45) is 3.19. The second kappa shape index (κ2) is 9.98. The molecule has 3 aromatic carbocycles. The normalized spacial score (nSPS) is 28.4. The van der Waals surface area contributed by atoms with Gasteiger partial charge in [0, 0.05) is 0 Å². The Balaban J connectivity index is 0.000000149. The van der Waals surface area contributed by atoms with Gasteiger partial charge in [0.1, 0.15) is 11.6 Å². The summed E-state index contributed by atoms with van der Waals surface area (Å²) in [5.74, 6) is -6.92. The van der Waals surface area contributed by atoms with Gasteiger partial charge in [-0.25, -0.2) is 0 Å². The van der Waals surface area contributed by atoms with Gasteiger partial charge >= 0.3 is 5.92 Å². The molecule has 7 rings (SSSR count). The van der Waals surface area contributed by atoms with Gasteiger partial charge in [-0.05, 0) is 92.2 Å². The molecule has 0 saturated heterocycles. The molecule has 0 atom stereocenters. The summed E-state index contributed by atoms with van der Waals surface area (Å²) in [7, 11) is -0.0146. The number of carbonyl (C=O) groups excluding carboxylic acids is 1. The van der Waals surface area contributed by atoms with Crippen molar-refractivity contribution < 1.29 is 23.8 Å². The van der Waals surface area contributed by atoms with Crippen LogP contribution in [0.15, 0.2) is 106 Å². The first-order valence-electron chi connectivity index (χ1n) is 12.5. The van der Waals surface area contributed by atoms with E-state index in [9.17, 15) is 23.8 Å². The van der Waals surface area contributed by atoms with Gasteiger partial charge in [0.15, 0.2) is 14.7 Å². The summed E-state index contributed by atoms with van der Waals surface area (Å²) in [4.78, 5) is 14.7. The van der Waals surface area contributed by atoms with Gasteiger partial charge in [-0.2, -0.15) is 8.78 Å². The van der Waals surface area contributed by atoms with Crippen molar-refractivity contribution in [1.82, 2.24) is 0 Å². The average Bonchev–Trinajstić information content (AvgIpc) is 2.89. The first-order valence-corrected chi connectivity index (χ1v) is 13.7. The van der Waals surface area contributed by atoms with Gasteiger partial charge in [0.25, 0.3) is 0 Å². The highest BCUT2D eigenvalue weighted by Gasteiger charge is 2.68. The van der Waals surface area contributed by atoms with Crippen molar-refractivity contribution in [2.24, 2.45) is 23.7 Å². The second-order valence-corrected chi connectivity index (χ2v) is 12.3. The summed E-state index contributed by atoms with van der Waals surface area (Å²) in [5.41, 5.74) is -2.38. The molecule has 0 aromatic heterocycles. The third kappa shape index (κ3) is 4.46. The Kier molecular flexibility index (Phi) is 6.92. The van der Waals surface area contributed by atoms with E-state index in [0.717, 1.165) is 6.42 Å². The van der Waals surface area contributed by atoms with Gasteiger partial charge in [-0.3, -0.25) is 0 Å². The summed E-state index contributed by atoms with van der Waals surface area (Å²) in [6, 6.07) is 32.2. The van der Waals surface area contributed by atoms with Gasteiger partial charge in [0.2, 0.25) is 0 Å². The SMILES string of the molecule is O=C([O-])C(F)(F)C1(O)C2CC3CC(C2)CC1C3.c1ccc([S+](c2ccccc2)c2ccccc2)cc1. The average molecular weight is 509 g/mol. The molecular weight excluding hydrogens is 478 g/mol. The largest absolute Gasteiger partial charge is 0.544 e. The van der Waals surface area contributed by atoms with Crippen molar-refractivity contribution in [2.75, 3.05) is 0 Å². The number of carboxylic acid groups (broad SMARTS) is 1. The number of aliphatic carboxylic acids is 1. The summed E-state index contributed by atoms with van der Waals surface area (Å²) in [6.45, 7) is 0. The van der Waals surface area contributed by atoms with E-state index in [1.54, 1.807) is 0 Å². The fourth-order valence-corrected chi connectivity index (χ4v) is 8.76. The molecule has 0 spiro atoms. The quantitative estimate of drug-likeness (QED) is 0.473. The number of alkyl halides is 2. The number of carboxylic acids is 1. The molecule has 3 aromatic rings. The Morgan fingerprint density at radius 3 is 1.36 bits per heavy atom. The van der Waals surface area contributed by atoms with Crippen LogP contribution in [0.25, 0.3) is 0 Å². The van der Waals surface area contributed by atoms with Crippen LogP contribution in [0.4, 0.5) is 8.78 Å². The lowest BCUT2D eigenvalue weighted by atomic mass is 9.48. The molecule has 0 radical (unpaired) electrons. The number of rotatable bonds is 5. The summed E-state index contributed by atoms with van der Waals surface area (Å²) < 4.78 is 27.5. The van der Waals surface area contributed by atoms with Gasteiger partial charge < -0.3 is 15.0 Å². The highest BCUT2D eigenvalue weighted by molar-refractivity contribution is 7.97. The predicted molar refractivity (Wildman–Crippen MR) is 133 cm³/mol. The maximum absolute atomic E-state index is 13.8. The number of halogens is 2. The molecule has 4 fully saturated rings. The maximum atomic E-state index is 13.8. The zero-order chi connectivity index (χ0) is 25.3. The van der Waals surface area contributed by atoms with E-state index >= 15 is 0 Å². The molecule has 4 aliphatic rings. The number of hydrogen-bond acceptors (Lipinski definition) is 3. The lowest BCUT2D eigenvalue weighted by molar-refractivity contribution is -0.360. The van der Waals surface area contributed by atoms with Crippen molar-refractivity contribution in [2.45, 2.75) is 58.3 Å². The van der Waals surface area contributed by atoms with Gasteiger partial charge in [-0.15, -0.1) is 0 Å². The van der Waals surface area contributed by atoms with E-state index in [1.807, 2.05) is 0 Å². The van der Waals surface area contributed by atoms with Crippen LogP contribution in [-0.4, -0.2) is 22.6 Å². The molecule has 6 heteroatoms. The molecule has 36 heavy (non-hydrogen) atoms. The minimum atomic E-state index is -4.13. The second-order valence-electron chi connectivity index (χ2n) is 10.2. The zero-order valence-electron chi connectivity index (χ0n) is 19.9. The monoisotopic (exact) mass is 508 g/mol. The Bertz CT molecular complexity index is 1050. The molecule has 3 nitrogen and oxygen atoms in total. The minimum Gasteiger partial charge on any atom is -0.544 e. The first-order chi connectivity index (χ1) is 17.3. The first kappa shape index (κ1) is 25.0. The summed E-state index contributed by atoms with van der Waals surface area (Å²) in [5, 5.41) is 20.9. The Hall–Kier alpha value is -2.70. The van der Waals surface area contributed by atoms with Crippen LogP contribution in [0, 0.1) is 23.7 Å². The lowest BCUT2D eigenvalue weighted by Gasteiger charge is -2.60. The number of aliphatic hydroxyl groups is 1. The molecule has 4 saturated carbocycles. The lowest BCUT2D eigenvalue weighted by Crippen LogP contribution is -2.70. The van der Waals surface area contributed by atoms with E-state index in [2.05, 4.69) is 91.0 Å². The topological polar surface area (TPSA) is 60.4 Å². The van der Waals surface area contributed by atoms with E-state index in [-0.39, 0.29) is 10.9 Å². The van der Waals surface area contributed by atoms with Crippen LogP contribution < -0.4 is 5.11 Å². The molecule has 0 amide bonds. The number of benzene rings is 3. The van der Waals surface area contributed by atoms with Crippen molar-refractivity contribution in [3.63, 3.8) is 0 Å². The summed E-state index contributed by atoms with van der Waals surface area (Å²) >= 11 is 0. The molecule has 188 valence electrons. The van der Waals surface area contributed by atoms with E-state index < -0.39 is 29.3 Å². The fraction of sp³-hybridized carbons (Fsp3) is 0.367. The standard InChI is InChI=1S/C18H15S.C12H16F2O3/c1-4-10-16(11-5-1)19(17-12-6-2-7-13-17)18-14-8-3-9-15-18;13-12(14,10(15)16)11(17)8-2-6-1-7(4-8)5-9(11)3-6/h1-15H;6-9,17H,1-5H2,(H,15,16)/q+1;/p-1. The van der Waals surface area contributed by atoms with Crippen LogP contribution in [0.5, 0.6) is 0 Å². The number of carbonyl (C=O) groups is 1. The Labute approximate surface area is 213 Å². The van der Waals surface area contributed by atoms with Crippen LogP contribution >= 0.6 is 0 Å². The molecular formula is C30H30F2O3S. The smallest absolute Gasteiger partial charge is 0.315 e.